The zero-order valence-corrected chi connectivity index (χ0v) is 24.5. The number of ether oxygens (including phenoxy) is 1. The smallest absolute Gasteiger partial charge is 0.335 e. The van der Waals surface area contributed by atoms with Crippen LogP contribution in [0.15, 0.2) is 60.3 Å². The molecule has 2 aromatic rings. The van der Waals surface area contributed by atoms with Crippen LogP contribution in [0.25, 0.3) is 0 Å². The standard InChI is InChI=1S/C32H39N3O5.ClH/c1-2-18-35-29(36)28(21-23-6-4-3-5-7-23)33-31(39)32(35)16-19-34(20-17-32)22-24-8-12-26(13-9-24)40-27-14-10-25(11-15-27)30(37)38;/h8-15,21,23H,2-7,16-20,22H2,1H3,(H,33,39)(H,37,38);1H/b28-21+;. The number of nitrogens with one attached hydrogen (secondary N) is 1. The second-order valence-electron chi connectivity index (χ2n) is 11.3. The molecule has 5 rings (SSSR count). The molecule has 220 valence electrons. The van der Waals surface area contributed by atoms with E-state index in [0.29, 0.717) is 42.5 Å². The number of rotatable bonds is 8. The molecule has 41 heavy (non-hydrogen) atoms. The normalized spacial score (nSPS) is 20.5. The van der Waals surface area contributed by atoms with Crippen LogP contribution in [0, 0.1) is 5.92 Å². The summed E-state index contributed by atoms with van der Waals surface area (Å²) in [6, 6.07) is 14.2. The monoisotopic (exact) mass is 581 g/mol. The number of piperidine rings is 1. The number of hydrogen-bond acceptors (Lipinski definition) is 5. The van der Waals surface area contributed by atoms with Crippen LogP contribution in [0.5, 0.6) is 11.5 Å². The van der Waals surface area contributed by atoms with E-state index in [0.717, 1.165) is 44.5 Å². The largest absolute Gasteiger partial charge is 0.478 e. The Morgan fingerprint density at radius 1 is 1.00 bits per heavy atom. The first kappa shape index (κ1) is 30.6. The predicted molar refractivity (Wildman–Crippen MR) is 159 cm³/mol. The summed E-state index contributed by atoms with van der Waals surface area (Å²) in [5.74, 6) is 0.613. The average Bonchev–Trinajstić information content (AvgIpc) is 2.97. The van der Waals surface area contributed by atoms with Crippen molar-refractivity contribution in [3.63, 3.8) is 0 Å². The molecule has 1 saturated carbocycles. The number of carbonyl (C=O) groups excluding carboxylic acids is 2. The number of piperazine rings is 1. The Hall–Kier alpha value is -3.36. The summed E-state index contributed by atoms with van der Waals surface area (Å²) in [5.41, 5.74) is 1.06. The van der Waals surface area contributed by atoms with E-state index in [1.54, 1.807) is 12.1 Å². The molecule has 0 bridgehead atoms. The van der Waals surface area contributed by atoms with Crippen molar-refractivity contribution in [3.05, 3.63) is 71.4 Å². The number of carboxylic acid groups (broad SMARTS) is 1. The van der Waals surface area contributed by atoms with Crippen LogP contribution in [0.3, 0.4) is 0 Å². The molecule has 0 unspecified atom stereocenters. The van der Waals surface area contributed by atoms with Gasteiger partial charge in [0.2, 0.25) is 0 Å². The maximum absolute atomic E-state index is 13.6. The summed E-state index contributed by atoms with van der Waals surface area (Å²) in [6.45, 7) is 4.87. The molecule has 0 aromatic heterocycles. The fourth-order valence-electron chi connectivity index (χ4n) is 6.24. The van der Waals surface area contributed by atoms with Gasteiger partial charge in [-0.3, -0.25) is 14.5 Å². The van der Waals surface area contributed by atoms with Crippen LogP contribution in [0.4, 0.5) is 0 Å². The van der Waals surface area contributed by atoms with E-state index in [9.17, 15) is 14.4 Å². The number of allylic oxidation sites excluding steroid dienone is 1. The zero-order valence-electron chi connectivity index (χ0n) is 23.6. The molecule has 2 aromatic carbocycles. The highest BCUT2D eigenvalue weighted by molar-refractivity contribution is 6.06. The molecular formula is C32H40ClN3O5. The number of hydrogen-bond donors (Lipinski definition) is 2. The first-order valence-electron chi connectivity index (χ1n) is 14.6. The lowest BCUT2D eigenvalue weighted by Gasteiger charge is -2.50. The Labute approximate surface area is 248 Å². The van der Waals surface area contributed by atoms with Crippen LogP contribution in [0.1, 0.15) is 74.2 Å². The lowest BCUT2D eigenvalue weighted by molar-refractivity contribution is -0.154. The minimum absolute atomic E-state index is 0. The second-order valence-corrected chi connectivity index (χ2v) is 11.3. The third-order valence-corrected chi connectivity index (χ3v) is 8.51. The van der Waals surface area contributed by atoms with Gasteiger partial charge in [-0.05, 0) is 80.0 Å². The average molecular weight is 582 g/mol. The van der Waals surface area contributed by atoms with Crippen molar-refractivity contribution in [2.45, 2.75) is 70.4 Å². The number of amides is 2. The van der Waals surface area contributed by atoms with Crippen LogP contribution >= 0.6 is 12.4 Å². The Bertz CT molecular complexity index is 1250. The third-order valence-electron chi connectivity index (χ3n) is 8.51. The molecule has 2 saturated heterocycles. The SMILES string of the molecule is CCCN1C(=O)/C(=C\C2CCCCC2)NC(=O)C12CCN(Cc1ccc(Oc3ccc(C(=O)O)cc3)cc1)CC2.Cl. The van der Waals surface area contributed by atoms with Gasteiger partial charge in [-0.2, -0.15) is 0 Å². The summed E-state index contributed by atoms with van der Waals surface area (Å²) in [6.07, 6.45) is 9.90. The van der Waals surface area contributed by atoms with E-state index in [1.165, 1.54) is 31.4 Å². The van der Waals surface area contributed by atoms with E-state index in [1.807, 2.05) is 35.2 Å². The number of nitrogens with zero attached hydrogens (tertiary/aromatic N) is 2. The highest BCUT2D eigenvalue weighted by atomic mass is 35.5. The molecule has 2 amide bonds. The van der Waals surface area contributed by atoms with Crippen molar-refractivity contribution >= 4 is 30.2 Å². The van der Waals surface area contributed by atoms with Crippen LogP contribution < -0.4 is 10.1 Å². The van der Waals surface area contributed by atoms with Crippen molar-refractivity contribution < 1.29 is 24.2 Å². The van der Waals surface area contributed by atoms with Gasteiger partial charge in [-0.1, -0.05) is 44.4 Å². The summed E-state index contributed by atoms with van der Waals surface area (Å²) < 4.78 is 5.85. The Balaban J connectivity index is 0.00000387. The Morgan fingerprint density at radius 3 is 2.20 bits per heavy atom. The fraction of sp³-hybridized carbons (Fsp3) is 0.469. The van der Waals surface area contributed by atoms with E-state index in [-0.39, 0.29) is 29.8 Å². The van der Waals surface area contributed by atoms with Gasteiger partial charge in [0.25, 0.3) is 11.8 Å². The molecule has 3 fully saturated rings. The van der Waals surface area contributed by atoms with Crippen molar-refractivity contribution in [1.82, 2.24) is 15.1 Å². The van der Waals surface area contributed by atoms with E-state index in [2.05, 4.69) is 17.1 Å². The molecule has 3 aliphatic rings. The first-order valence-corrected chi connectivity index (χ1v) is 14.6. The number of halogens is 1. The third kappa shape index (κ3) is 6.93. The van der Waals surface area contributed by atoms with Crippen molar-refractivity contribution in [1.29, 1.82) is 0 Å². The van der Waals surface area contributed by atoms with Gasteiger partial charge in [0, 0.05) is 26.2 Å². The van der Waals surface area contributed by atoms with Gasteiger partial charge in [-0.25, -0.2) is 4.79 Å². The van der Waals surface area contributed by atoms with Gasteiger partial charge in [0.1, 0.15) is 22.7 Å². The highest BCUT2D eigenvalue weighted by Crippen LogP contribution is 2.35. The Kier molecular flexibility index (Phi) is 10.1. The van der Waals surface area contributed by atoms with E-state index < -0.39 is 11.5 Å². The summed E-state index contributed by atoms with van der Waals surface area (Å²) in [4.78, 5) is 42.4. The predicted octanol–water partition coefficient (Wildman–Crippen LogP) is 5.77. The lowest BCUT2D eigenvalue weighted by atomic mass is 9.81. The van der Waals surface area contributed by atoms with Gasteiger partial charge < -0.3 is 20.1 Å². The highest BCUT2D eigenvalue weighted by Gasteiger charge is 2.52. The van der Waals surface area contributed by atoms with Crippen LogP contribution in [-0.2, 0) is 16.1 Å². The number of benzene rings is 2. The lowest BCUT2D eigenvalue weighted by Crippen LogP contribution is -2.69. The minimum Gasteiger partial charge on any atom is -0.478 e. The molecule has 2 N–H and O–H groups in total. The van der Waals surface area contributed by atoms with Crippen molar-refractivity contribution in [2.24, 2.45) is 5.92 Å². The molecule has 1 spiro atoms. The second kappa shape index (κ2) is 13.5. The van der Waals surface area contributed by atoms with Crippen molar-refractivity contribution in [2.75, 3.05) is 19.6 Å². The quantitative estimate of drug-likeness (QED) is 0.384. The summed E-state index contributed by atoms with van der Waals surface area (Å²) >= 11 is 0. The van der Waals surface area contributed by atoms with Gasteiger partial charge >= 0.3 is 5.97 Å². The minimum atomic E-state index is -0.968. The van der Waals surface area contributed by atoms with Crippen LogP contribution in [-0.4, -0.2) is 57.9 Å². The number of carboxylic acids is 1. The number of aromatic carboxylic acids is 1. The molecule has 9 heteroatoms. The fourth-order valence-corrected chi connectivity index (χ4v) is 6.24. The molecule has 8 nitrogen and oxygen atoms in total. The zero-order chi connectivity index (χ0) is 28.1. The van der Waals surface area contributed by atoms with Gasteiger partial charge in [0.15, 0.2) is 0 Å². The van der Waals surface area contributed by atoms with E-state index in [4.69, 9.17) is 9.84 Å². The molecule has 0 atom stereocenters. The molecule has 2 heterocycles. The molecular weight excluding hydrogens is 542 g/mol. The van der Waals surface area contributed by atoms with Crippen molar-refractivity contribution in [3.8, 4) is 11.5 Å². The summed E-state index contributed by atoms with van der Waals surface area (Å²) in [7, 11) is 0. The molecule has 0 radical (unpaired) electrons. The number of likely N-dealkylation sites (tertiary alicyclic amines) is 1. The number of carbonyl (C=O) groups is 3. The summed E-state index contributed by atoms with van der Waals surface area (Å²) in [5, 5.41) is 12.1. The maximum Gasteiger partial charge on any atom is 0.335 e. The first-order chi connectivity index (χ1) is 19.4. The van der Waals surface area contributed by atoms with Gasteiger partial charge in [-0.15, -0.1) is 12.4 Å². The molecule has 2 aliphatic heterocycles. The van der Waals surface area contributed by atoms with Gasteiger partial charge in [0.05, 0.1) is 5.56 Å². The van der Waals surface area contributed by atoms with E-state index >= 15 is 0 Å². The van der Waals surface area contributed by atoms with Crippen LogP contribution in [0.2, 0.25) is 0 Å². The Morgan fingerprint density at radius 2 is 1.61 bits per heavy atom. The topological polar surface area (TPSA) is 99.2 Å². The maximum atomic E-state index is 13.6. The molecule has 1 aliphatic carbocycles.